The van der Waals surface area contributed by atoms with Crippen molar-refractivity contribution in [1.29, 1.82) is 0 Å². The Morgan fingerprint density at radius 2 is 2.10 bits per heavy atom. The molecule has 1 aliphatic rings. The van der Waals surface area contributed by atoms with Gasteiger partial charge in [-0.05, 0) is 12.8 Å². The lowest BCUT2D eigenvalue weighted by Gasteiger charge is -1.94. The van der Waals surface area contributed by atoms with E-state index in [1.807, 2.05) is 0 Å². The first kappa shape index (κ1) is 7.77. The van der Waals surface area contributed by atoms with Crippen LogP contribution in [0.4, 0.5) is 0 Å². The molecule has 0 radical (unpaired) electrons. The van der Waals surface area contributed by atoms with E-state index < -0.39 is 0 Å². The molecular formula is C9H17N. The van der Waals surface area contributed by atoms with Crippen LogP contribution in [0.25, 0.3) is 0 Å². The second kappa shape index (κ2) is 3.75. The predicted molar refractivity (Wildman–Crippen MR) is 45.7 cm³/mol. The molecule has 58 valence electrons. The standard InChI is InChI=1S/C9H17N/c1-3-5-6-7-9-8(4-2)10-9/h9H,3-7H2,1-2H3. The Hall–Kier alpha value is -0.330. The van der Waals surface area contributed by atoms with E-state index in [0.29, 0.717) is 6.04 Å². The summed E-state index contributed by atoms with van der Waals surface area (Å²) >= 11 is 0. The Kier molecular flexibility index (Phi) is 2.91. The quantitative estimate of drug-likeness (QED) is 0.519. The van der Waals surface area contributed by atoms with Gasteiger partial charge in [0.1, 0.15) is 0 Å². The van der Waals surface area contributed by atoms with Crippen molar-refractivity contribution in [2.24, 2.45) is 4.99 Å². The maximum atomic E-state index is 4.36. The molecule has 0 aromatic rings. The molecule has 0 saturated carbocycles. The summed E-state index contributed by atoms with van der Waals surface area (Å²) in [5.74, 6) is 0. The topological polar surface area (TPSA) is 12.4 Å². The van der Waals surface area contributed by atoms with E-state index >= 15 is 0 Å². The van der Waals surface area contributed by atoms with E-state index in [-0.39, 0.29) is 0 Å². The molecular weight excluding hydrogens is 122 g/mol. The summed E-state index contributed by atoms with van der Waals surface area (Å²) in [6, 6.07) is 0.677. The molecule has 1 heteroatoms. The molecule has 1 rings (SSSR count). The number of nitrogens with zero attached hydrogens (tertiary/aromatic N) is 1. The van der Waals surface area contributed by atoms with Crippen LogP contribution in [0.5, 0.6) is 0 Å². The first-order valence-electron chi connectivity index (χ1n) is 4.45. The molecule has 1 nitrogen and oxygen atoms in total. The maximum absolute atomic E-state index is 4.36. The van der Waals surface area contributed by atoms with Gasteiger partial charge in [0.15, 0.2) is 0 Å². The average Bonchev–Trinajstić information content (AvgIpc) is 2.68. The summed E-state index contributed by atoms with van der Waals surface area (Å²) in [6.45, 7) is 4.44. The third-order valence-electron chi connectivity index (χ3n) is 2.08. The normalized spacial score (nSPS) is 22.6. The Morgan fingerprint density at radius 1 is 1.30 bits per heavy atom. The van der Waals surface area contributed by atoms with Crippen LogP contribution in [0, 0.1) is 0 Å². The Balaban J connectivity index is 1.89. The van der Waals surface area contributed by atoms with Crippen LogP contribution < -0.4 is 0 Å². The monoisotopic (exact) mass is 139 g/mol. The van der Waals surface area contributed by atoms with Gasteiger partial charge in [-0.1, -0.05) is 33.1 Å². The third kappa shape index (κ3) is 2.13. The number of unbranched alkanes of at least 4 members (excludes halogenated alkanes) is 2. The van der Waals surface area contributed by atoms with E-state index in [1.54, 1.807) is 0 Å². The first-order valence-corrected chi connectivity index (χ1v) is 4.45. The summed E-state index contributed by atoms with van der Waals surface area (Å²) in [5, 5.41) is 0. The van der Waals surface area contributed by atoms with E-state index in [0.717, 1.165) is 0 Å². The Morgan fingerprint density at radius 3 is 2.60 bits per heavy atom. The molecule has 0 spiro atoms. The molecule has 0 aromatic heterocycles. The second-order valence-electron chi connectivity index (χ2n) is 2.99. The molecule has 0 aliphatic carbocycles. The highest BCUT2D eigenvalue weighted by atomic mass is 15.0. The molecule has 0 aromatic carbocycles. The molecule has 0 fully saturated rings. The van der Waals surface area contributed by atoms with Crippen molar-refractivity contribution >= 4 is 5.71 Å². The molecule has 0 bridgehead atoms. The van der Waals surface area contributed by atoms with Gasteiger partial charge >= 0.3 is 0 Å². The van der Waals surface area contributed by atoms with Gasteiger partial charge in [-0.2, -0.15) is 0 Å². The largest absolute Gasteiger partial charge is 0.283 e. The van der Waals surface area contributed by atoms with Gasteiger partial charge in [-0.3, -0.25) is 4.99 Å². The highest BCUT2D eigenvalue weighted by Crippen LogP contribution is 2.20. The molecule has 0 saturated heterocycles. The molecule has 1 unspecified atom stereocenters. The lowest BCUT2D eigenvalue weighted by atomic mass is 10.1. The second-order valence-corrected chi connectivity index (χ2v) is 2.99. The number of hydrogen-bond donors (Lipinski definition) is 0. The van der Waals surface area contributed by atoms with Crippen molar-refractivity contribution in [2.45, 2.75) is 52.0 Å². The number of rotatable bonds is 5. The van der Waals surface area contributed by atoms with Crippen LogP contribution in [-0.4, -0.2) is 11.8 Å². The number of aliphatic imine (C=N–C) groups is 1. The fraction of sp³-hybridized carbons (Fsp3) is 0.889. The SMILES string of the molecule is CCCCCC1N=C1CC. The average molecular weight is 139 g/mol. The third-order valence-corrected chi connectivity index (χ3v) is 2.08. The van der Waals surface area contributed by atoms with Gasteiger partial charge < -0.3 is 0 Å². The summed E-state index contributed by atoms with van der Waals surface area (Å²) in [4.78, 5) is 4.36. The van der Waals surface area contributed by atoms with Crippen molar-refractivity contribution in [2.75, 3.05) is 0 Å². The maximum Gasteiger partial charge on any atom is 0.0876 e. The smallest absolute Gasteiger partial charge is 0.0876 e. The van der Waals surface area contributed by atoms with Crippen molar-refractivity contribution in [3.05, 3.63) is 0 Å². The number of hydrogen-bond acceptors (Lipinski definition) is 1. The van der Waals surface area contributed by atoms with Crippen molar-refractivity contribution in [3.8, 4) is 0 Å². The van der Waals surface area contributed by atoms with E-state index in [9.17, 15) is 0 Å². The molecule has 0 N–H and O–H groups in total. The highest BCUT2D eigenvalue weighted by Gasteiger charge is 2.23. The van der Waals surface area contributed by atoms with Crippen LogP contribution in [-0.2, 0) is 0 Å². The van der Waals surface area contributed by atoms with E-state index in [1.165, 1.54) is 37.8 Å². The fourth-order valence-corrected chi connectivity index (χ4v) is 1.31. The Bertz CT molecular complexity index is 127. The van der Waals surface area contributed by atoms with Gasteiger partial charge in [-0.25, -0.2) is 0 Å². The van der Waals surface area contributed by atoms with E-state index in [4.69, 9.17) is 0 Å². The van der Waals surface area contributed by atoms with Gasteiger partial charge in [0.05, 0.1) is 6.04 Å². The molecule has 1 aliphatic heterocycles. The van der Waals surface area contributed by atoms with Gasteiger partial charge in [0.2, 0.25) is 0 Å². The molecule has 10 heavy (non-hydrogen) atoms. The molecule has 0 amide bonds. The first-order chi connectivity index (χ1) is 4.88. The zero-order valence-corrected chi connectivity index (χ0v) is 7.06. The minimum Gasteiger partial charge on any atom is -0.283 e. The lowest BCUT2D eigenvalue weighted by molar-refractivity contribution is 0.667. The van der Waals surface area contributed by atoms with Crippen molar-refractivity contribution in [1.82, 2.24) is 0 Å². The Labute approximate surface area is 63.5 Å². The van der Waals surface area contributed by atoms with Crippen LogP contribution >= 0.6 is 0 Å². The zero-order chi connectivity index (χ0) is 7.40. The van der Waals surface area contributed by atoms with Crippen LogP contribution in [0.1, 0.15) is 46.0 Å². The van der Waals surface area contributed by atoms with Gasteiger partial charge in [0.25, 0.3) is 0 Å². The van der Waals surface area contributed by atoms with Gasteiger partial charge in [0, 0.05) is 5.71 Å². The summed E-state index contributed by atoms with van der Waals surface area (Å²) in [7, 11) is 0. The highest BCUT2D eigenvalue weighted by molar-refractivity contribution is 6.00. The lowest BCUT2D eigenvalue weighted by Crippen LogP contribution is -1.95. The minimum atomic E-state index is 0.677. The summed E-state index contributed by atoms with van der Waals surface area (Å²) in [6.07, 6.45) is 6.57. The van der Waals surface area contributed by atoms with Crippen LogP contribution in [0.3, 0.4) is 0 Å². The summed E-state index contributed by atoms with van der Waals surface area (Å²) in [5.41, 5.74) is 1.45. The zero-order valence-electron chi connectivity index (χ0n) is 7.06. The van der Waals surface area contributed by atoms with Crippen molar-refractivity contribution in [3.63, 3.8) is 0 Å². The molecule has 1 atom stereocenters. The predicted octanol–water partition coefficient (Wildman–Crippen LogP) is 2.80. The minimum absolute atomic E-state index is 0.677. The van der Waals surface area contributed by atoms with Crippen LogP contribution in [0.2, 0.25) is 0 Å². The van der Waals surface area contributed by atoms with Gasteiger partial charge in [-0.15, -0.1) is 0 Å². The van der Waals surface area contributed by atoms with E-state index in [2.05, 4.69) is 18.8 Å². The molecule has 1 heterocycles. The fourth-order valence-electron chi connectivity index (χ4n) is 1.31. The summed E-state index contributed by atoms with van der Waals surface area (Å²) < 4.78 is 0. The van der Waals surface area contributed by atoms with Crippen LogP contribution in [0.15, 0.2) is 4.99 Å². The van der Waals surface area contributed by atoms with Crippen molar-refractivity contribution < 1.29 is 0 Å².